The topological polar surface area (TPSA) is 80.3 Å². The van der Waals surface area contributed by atoms with Gasteiger partial charge < -0.3 is 15.4 Å². The number of ether oxygens (including phenoxy) is 1. The number of amides is 2. The Kier molecular flexibility index (Phi) is 6.49. The molecule has 1 heterocycles. The molecule has 21 heavy (non-hydrogen) atoms. The van der Waals surface area contributed by atoms with Crippen LogP contribution in [0.1, 0.15) is 17.4 Å². The highest BCUT2D eigenvalue weighted by Crippen LogP contribution is 2.31. The van der Waals surface area contributed by atoms with E-state index in [1.54, 1.807) is 13.2 Å². The Bertz CT molecular complexity index is 523. The maximum absolute atomic E-state index is 13.4. The smallest absolute Gasteiger partial charge is 0.347 e. The molecule has 0 spiro atoms. The number of thioether (sulfide) groups is 1. The van der Waals surface area contributed by atoms with E-state index in [1.165, 1.54) is 11.8 Å². The highest BCUT2D eigenvalue weighted by atomic mass is 32.2. The Morgan fingerprint density at radius 1 is 1.48 bits per heavy atom. The number of carbonyl (C=O) groups excluding carboxylic acids is 2. The fraction of sp³-hybridized carbons (Fsp3) is 0.545. The summed E-state index contributed by atoms with van der Waals surface area (Å²) < 4.78 is 31.6. The lowest BCUT2D eigenvalue weighted by molar-refractivity contribution is -0.146. The van der Waals surface area contributed by atoms with Gasteiger partial charge in [-0.25, -0.2) is 4.98 Å². The quantitative estimate of drug-likeness (QED) is 0.741. The molecule has 0 saturated heterocycles. The van der Waals surface area contributed by atoms with Crippen LogP contribution in [0.3, 0.4) is 0 Å². The zero-order chi connectivity index (χ0) is 16.0. The molecule has 2 amide bonds. The first-order valence-corrected chi connectivity index (χ1v) is 7.91. The molecule has 0 aliphatic heterocycles. The van der Waals surface area contributed by atoms with E-state index < -0.39 is 24.3 Å². The maximum Gasteiger partial charge on any atom is 0.347 e. The normalized spacial score (nSPS) is 11.3. The molecule has 1 rings (SSSR count). The Labute approximate surface area is 128 Å². The highest BCUT2D eigenvalue weighted by Gasteiger charge is 2.39. The number of hydrogen-bond donors (Lipinski definition) is 2. The van der Waals surface area contributed by atoms with Crippen LogP contribution in [0, 0.1) is 0 Å². The van der Waals surface area contributed by atoms with Crippen LogP contribution in [-0.2, 0) is 9.53 Å². The number of nitrogens with one attached hydrogen (secondary N) is 2. The molecule has 1 aromatic heterocycles. The van der Waals surface area contributed by atoms with Crippen molar-refractivity contribution >= 4 is 39.9 Å². The van der Waals surface area contributed by atoms with Gasteiger partial charge in [0.1, 0.15) is 11.6 Å². The highest BCUT2D eigenvalue weighted by molar-refractivity contribution is 8.00. The Balaban J connectivity index is 2.99. The third kappa shape index (κ3) is 4.61. The third-order valence-corrected chi connectivity index (χ3v) is 4.18. The summed E-state index contributed by atoms with van der Waals surface area (Å²) in [6.45, 7) is 1.03. The molecule has 0 bridgehead atoms. The third-order valence-electron chi connectivity index (χ3n) is 2.22. The summed E-state index contributed by atoms with van der Waals surface area (Å²) in [6.07, 6.45) is 1.73. The van der Waals surface area contributed by atoms with E-state index in [-0.39, 0.29) is 10.7 Å². The van der Waals surface area contributed by atoms with Crippen LogP contribution >= 0.6 is 23.1 Å². The monoisotopic (exact) mass is 339 g/mol. The van der Waals surface area contributed by atoms with Gasteiger partial charge in [-0.1, -0.05) is 23.1 Å². The molecular weight excluding hydrogens is 324 g/mol. The lowest BCUT2D eigenvalue weighted by Gasteiger charge is -2.14. The van der Waals surface area contributed by atoms with Crippen molar-refractivity contribution in [3.05, 3.63) is 5.69 Å². The van der Waals surface area contributed by atoms with Gasteiger partial charge in [0, 0.05) is 13.7 Å². The van der Waals surface area contributed by atoms with Crippen molar-refractivity contribution in [1.82, 2.24) is 10.3 Å². The number of rotatable bonds is 7. The second-order valence-electron chi connectivity index (χ2n) is 3.81. The molecule has 0 aliphatic rings. The molecule has 0 atom stereocenters. The van der Waals surface area contributed by atoms with Crippen LogP contribution in [0.4, 0.5) is 13.8 Å². The van der Waals surface area contributed by atoms with Crippen molar-refractivity contribution in [2.75, 3.05) is 31.8 Å². The summed E-state index contributed by atoms with van der Waals surface area (Å²) in [5, 5.41) is 4.54. The van der Waals surface area contributed by atoms with Crippen molar-refractivity contribution in [3.8, 4) is 0 Å². The first-order chi connectivity index (χ1) is 9.85. The van der Waals surface area contributed by atoms with E-state index in [2.05, 4.69) is 15.0 Å². The summed E-state index contributed by atoms with van der Waals surface area (Å²) in [4.78, 5) is 27.4. The Hall–Kier alpha value is -1.26. The van der Waals surface area contributed by atoms with Crippen LogP contribution in [0.25, 0.3) is 0 Å². The van der Waals surface area contributed by atoms with Crippen molar-refractivity contribution in [2.45, 2.75) is 17.2 Å². The van der Waals surface area contributed by atoms with Crippen LogP contribution in [-0.4, -0.2) is 49.2 Å². The molecule has 0 unspecified atom stereocenters. The number of alkyl halides is 2. The number of hydrogen-bond acceptors (Lipinski definition) is 6. The average molecular weight is 339 g/mol. The van der Waals surface area contributed by atoms with Gasteiger partial charge in [0.05, 0.1) is 0 Å². The predicted molar refractivity (Wildman–Crippen MR) is 77.4 cm³/mol. The zero-order valence-electron chi connectivity index (χ0n) is 11.7. The predicted octanol–water partition coefficient (Wildman–Crippen LogP) is 1.83. The molecule has 0 saturated carbocycles. The molecule has 0 aliphatic carbocycles. The molecule has 1 aromatic rings. The molecule has 10 heteroatoms. The number of aromatic nitrogens is 1. The first kappa shape index (κ1) is 17.8. The van der Waals surface area contributed by atoms with Crippen molar-refractivity contribution in [2.24, 2.45) is 0 Å². The van der Waals surface area contributed by atoms with Gasteiger partial charge in [-0.15, -0.1) is 0 Å². The standard InChI is InChI=1S/C11H15F2N3O3S2/c1-4-14-7(17)6-8(21-10(15-6)20-3)16-9(18)11(12,13)5-19-2/h4-5H2,1-3H3,(H,14,17)(H,16,18). The number of thiazole rings is 1. The number of nitrogens with zero attached hydrogens (tertiary/aromatic N) is 1. The van der Waals surface area contributed by atoms with Gasteiger partial charge in [0.25, 0.3) is 11.8 Å². The van der Waals surface area contributed by atoms with Gasteiger partial charge in [0.2, 0.25) is 0 Å². The van der Waals surface area contributed by atoms with Crippen LogP contribution in [0.15, 0.2) is 4.34 Å². The summed E-state index contributed by atoms with van der Waals surface area (Å²) in [5.74, 6) is -5.75. The molecule has 2 N–H and O–H groups in total. The molecule has 0 radical (unpaired) electrons. The maximum atomic E-state index is 13.4. The van der Waals surface area contributed by atoms with E-state index in [1.807, 2.05) is 5.32 Å². The number of anilines is 1. The molecule has 0 fully saturated rings. The van der Waals surface area contributed by atoms with E-state index in [9.17, 15) is 18.4 Å². The fourth-order valence-corrected chi connectivity index (χ4v) is 2.77. The Morgan fingerprint density at radius 3 is 2.67 bits per heavy atom. The first-order valence-electron chi connectivity index (χ1n) is 5.87. The zero-order valence-corrected chi connectivity index (χ0v) is 13.3. The van der Waals surface area contributed by atoms with E-state index in [0.29, 0.717) is 10.9 Å². The largest absolute Gasteiger partial charge is 0.378 e. The van der Waals surface area contributed by atoms with Crippen LogP contribution in [0.5, 0.6) is 0 Å². The minimum Gasteiger partial charge on any atom is -0.378 e. The molecule has 0 aromatic carbocycles. The minimum atomic E-state index is -3.68. The van der Waals surface area contributed by atoms with Gasteiger partial charge in [0.15, 0.2) is 10.0 Å². The van der Waals surface area contributed by atoms with Crippen molar-refractivity contribution < 1.29 is 23.1 Å². The fourth-order valence-electron chi connectivity index (χ4n) is 1.31. The van der Waals surface area contributed by atoms with E-state index >= 15 is 0 Å². The summed E-state index contributed by atoms with van der Waals surface area (Å²) in [5.41, 5.74) is -0.0761. The average Bonchev–Trinajstić information content (AvgIpc) is 2.82. The molecule has 118 valence electrons. The van der Waals surface area contributed by atoms with Crippen molar-refractivity contribution in [1.29, 1.82) is 0 Å². The number of methoxy groups -OCH3 is 1. The van der Waals surface area contributed by atoms with Crippen molar-refractivity contribution in [3.63, 3.8) is 0 Å². The van der Waals surface area contributed by atoms with Gasteiger partial charge >= 0.3 is 5.92 Å². The summed E-state index contributed by atoms with van der Waals surface area (Å²) >= 11 is 2.21. The number of carbonyl (C=O) groups is 2. The van der Waals surface area contributed by atoms with E-state index in [0.717, 1.165) is 18.4 Å². The van der Waals surface area contributed by atoms with Gasteiger partial charge in [-0.2, -0.15) is 8.78 Å². The van der Waals surface area contributed by atoms with E-state index in [4.69, 9.17) is 0 Å². The second-order valence-corrected chi connectivity index (χ2v) is 5.87. The number of halogens is 2. The van der Waals surface area contributed by atoms with Crippen LogP contribution in [0.2, 0.25) is 0 Å². The summed E-state index contributed by atoms with van der Waals surface area (Å²) in [6, 6.07) is 0. The minimum absolute atomic E-state index is 0.00826. The lowest BCUT2D eigenvalue weighted by Crippen LogP contribution is -2.38. The van der Waals surface area contributed by atoms with Gasteiger partial charge in [-0.3, -0.25) is 9.59 Å². The second kappa shape index (κ2) is 7.66. The molecule has 6 nitrogen and oxygen atoms in total. The van der Waals surface area contributed by atoms with Gasteiger partial charge in [-0.05, 0) is 13.2 Å². The van der Waals surface area contributed by atoms with Crippen LogP contribution < -0.4 is 10.6 Å². The summed E-state index contributed by atoms with van der Waals surface area (Å²) in [7, 11) is 1.07. The SMILES string of the molecule is CCNC(=O)c1nc(SC)sc1NC(=O)C(F)(F)COC. The lowest BCUT2D eigenvalue weighted by atomic mass is 10.3. The molecular formula is C11H15F2N3O3S2. The Morgan fingerprint density at radius 2 is 2.14 bits per heavy atom.